The van der Waals surface area contributed by atoms with E-state index in [2.05, 4.69) is 56.9 Å². The Labute approximate surface area is 110 Å². The molecule has 0 aromatic carbocycles. The minimum absolute atomic E-state index is 0.136. The molecule has 2 N–H and O–H groups in total. The topological polar surface area (TPSA) is 43.8 Å². The van der Waals surface area contributed by atoms with Crippen LogP contribution in [0.2, 0.25) is 0 Å². The van der Waals surface area contributed by atoms with E-state index in [1.807, 2.05) is 6.20 Å². The van der Waals surface area contributed by atoms with Gasteiger partial charge in [-0.2, -0.15) is 0 Å². The third-order valence-corrected chi connectivity index (χ3v) is 3.20. The first-order chi connectivity index (χ1) is 8.19. The van der Waals surface area contributed by atoms with Gasteiger partial charge in [0.15, 0.2) is 0 Å². The van der Waals surface area contributed by atoms with Gasteiger partial charge in [-0.3, -0.25) is 4.98 Å². The first-order valence-corrected chi connectivity index (χ1v) is 6.49. The Balaban J connectivity index is 2.11. The minimum atomic E-state index is 0.136. The normalized spacial score (nSPS) is 12.6. The van der Waals surface area contributed by atoms with Crippen molar-refractivity contribution in [3.8, 4) is 0 Å². The standard InChI is InChI=1S/C13H16BrN3/c1-2-13(15)11-3-4-17(9-11)8-10-5-12(14)7-16-6-10/h3-7,9,13H,2,8,15H2,1H3. The van der Waals surface area contributed by atoms with Crippen molar-refractivity contribution in [3.05, 3.63) is 52.5 Å². The fourth-order valence-corrected chi connectivity index (χ4v) is 2.18. The molecule has 2 aromatic heterocycles. The Morgan fingerprint density at radius 2 is 2.29 bits per heavy atom. The van der Waals surface area contributed by atoms with Crippen LogP contribution < -0.4 is 5.73 Å². The lowest BCUT2D eigenvalue weighted by molar-refractivity contribution is 0.692. The summed E-state index contributed by atoms with van der Waals surface area (Å²) in [5.74, 6) is 0. The van der Waals surface area contributed by atoms with E-state index in [0.29, 0.717) is 0 Å². The third-order valence-electron chi connectivity index (χ3n) is 2.77. The van der Waals surface area contributed by atoms with Crippen molar-refractivity contribution in [3.63, 3.8) is 0 Å². The summed E-state index contributed by atoms with van der Waals surface area (Å²) in [6, 6.07) is 4.29. The summed E-state index contributed by atoms with van der Waals surface area (Å²) in [7, 11) is 0. The summed E-state index contributed by atoms with van der Waals surface area (Å²) in [5.41, 5.74) is 8.35. The molecule has 0 radical (unpaired) electrons. The van der Waals surface area contributed by atoms with Crippen molar-refractivity contribution in [2.75, 3.05) is 0 Å². The predicted octanol–water partition coefficient (Wildman–Crippen LogP) is 3.10. The van der Waals surface area contributed by atoms with Gasteiger partial charge in [0, 0.05) is 41.8 Å². The molecule has 0 saturated carbocycles. The second kappa shape index (κ2) is 5.47. The van der Waals surface area contributed by atoms with Gasteiger partial charge in [-0.25, -0.2) is 0 Å². The SMILES string of the molecule is CCC(N)c1ccn(Cc2cncc(Br)c2)c1. The van der Waals surface area contributed by atoms with Crippen molar-refractivity contribution in [1.29, 1.82) is 0 Å². The fourth-order valence-electron chi connectivity index (χ4n) is 1.77. The molecule has 3 nitrogen and oxygen atoms in total. The van der Waals surface area contributed by atoms with Crippen molar-refractivity contribution in [1.82, 2.24) is 9.55 Å². The van der Waals surface area contributed by atoms with Crippen LogP contribution in [0, 0.1) is 0 Å². The molecule has 2 heterocycles. The quantitative estimate of drug-likeness (QED) is 0.941. The molecular formula is C13H16BrN3. The number of hydrogen-bond acceptors (Lipinski definition) is 2. The molecule has 0 amide bonds. The smallest absolute Gasteiger partial charge is 0.0485 e. The van der Waals surface area contributed by atoms with Crippen molar-refractivity contribution in [2.45, 2.75) is 25.9 Å². The van der Waals surface area contributed by atoms with Gasteiger partial charge in [-0.15, -0.1) is 0 Å². The van der Waals surface area contributed by atoms with E-state index in [1.54, 1.807) is 6.20 Å². The minimum Gasteiger partial charge on any atom is -0.350 e. The average molecular weight is 294 g/mol. The number of nitrogens with two attached hydrogens (primary N) is 1. The fraction of sp³-hybridized carbons (Fsp3) is 0.308. The van der Waals surface area contributed by atoms with Crippen molar-refractivity contribution >= 4 is 15.9 Å². The van der Waals surface area contributed by atoms with Gasteiger partial charge in [0.2, 0.25) is 0 Å². The number of nitrogens with zero attached hydrogens (tertiary/aromatic N) is 2. The van der Waals surface area contributed by atoms with Crippen LogP contribution in [-0.2, 0) is 6.54 Å². The molecule has 2 aromatic rings. The van der Waals surface area contributed by atoms with Crippen LogP contribution in [0.15, 0.2) is 41.4 Å². The van der Waals surface area contributed by atoms with Gasteiger partial charge in [0.1, 0.15) is 0 Å². The molecule has 0 bridgehead atoms. The number of pyridine rings is 1. The van der Waals surface area contributed by atoms with E-state index < -0.39 is 0 Å². The lowest BCUT2D eigenvalue weighted by Crippen LogP contribution is -2.07. The van der Waals surface area contributed by atoms with Crippen LogP contribution in [-0.4, -0.2) is 9.55 Å². The molecule has 0 spiro atoms. The summed E-state index contributed by atoms with van der Waals surface area (Å²) in [6.07, 6.45) is 8.80. The van der Waals surface area contributed by atoms with E-state index in [1.165, 1.54) is 11.1 Å². The Morgan fingerprint density at radius 1 is 1.47 bits per heavy atom. The van der Waals surface area contributed by atoms with E-state index >= 15 is 0 Å². The average Bonchev–Trinajstić information content (AvgIpc) is 2.76. The Morgan fingerprint density at radius 3 is 3.00 bits per heavy atom. The zero-order valence-electron chi connectivity index (χ0n) is 9.81. The maximum Gasteiger partial charge on any atom is 0.0485 e. The highest BCUT2D eigenvalue weighted by Crippen LogP contribution is 2.16. The van der Waals surface area contributed by atoms with E-state index in [-0.39, 0.29) is 6.04 Å². The summed E-state index contributed by atoms with van der Waals surface area (Å²) < 4.78 is 3.14. The summed E-state index contributed by atoms with van der Waals surface area (Å²) in [4.78, 5) is 4.15. The molecule has 1 atom stereocenters. The number of hydrogen-bond donors (Lipinski definition) is 1. The highest BCUT2D eigenvalue weighted by Gasteiger charge is 2.05. The molecule has 2 rings (SSSR count). The van der Waals surface area contributed by atoms with Crippen LogP contribution in [0.1, 0.15) is 30.5 Å². The second-order valence-corrected chi connectivity index (χ2v) is 5.06. The molecule has 17 heavy (non-hydrogen) atoms. The van der Waals surface area contributed by atoms with Gasteiger partial charge < -0.3 is 10.3 Å². The maximum absolute atomic E-state index is 5.99. The summed E-state index contributed by atoms with van der Waals surface area (Å²) in [6.45, 7) is 2.92. The van der Waals surface area contributed by atoms with E-state index in [4.69, 9.17) is 5.73 Å². The largest absolute Gasteiger partial charge is 0.350 e. The van der Waals surface area contributed by atoms with Gasteiger partial charge >= 0.3 is 0 Å². The monoisotopic (exact) mass is 293 g/mol. The van der Waals surface area contributed by atoms with Crippen LogP contribution in [0.4, 0.5) is 0 Å². The lowest BCUT2D eigenvalue weighted by atomic mass is 10.1. The van der Waals surface area contributed by atoms with Gasteiger partial charge in [0.05, 0.1) is 0 Å². The summed E-state index contributed by atoms with van der Waals surface area (Å²) >= 11 is 3.42. The lowest BCUT2D eigenvalue weighted by Gasteiger charge is -2.06. The highest BCUT2D eigenvalue weighted by molar-refractivity contribution is 9.10. The van der Waals surface area contributed by atoms with Crippen molar-refractivity contribution < 1.29 is 0 Å². The number of halogens is 1. The number of aromatic nitrogens is 2. The second-order valence-electron chi connectivity index (χ2n) is 4.14. The van der Waals surface area contributed by atoms with Gasteiger partial charge in [0.25, 0.3) is 0 Å². The van der Waals surface area contributed by atoms with Gasteiger partial charge in [-0.05, 0) is 45.6 Å². The van der Waals surface area contributed by atoms with Crippen LogP contribution >= 0.6 is 15.9 Å². The highest BCUT2D eigenvalue weighted by atomic mass is 79.9. The molecule has 1 unspecified atom stereocenters. The van der Waals surface area contributed by atoms with E-state index in [9.17, 15) is 0 Å². The molecule has 90 valence electrons. The molecule has 0 aliphatic heterocycles. The zero-order valence-corrected chi connectivity index (χ0v) is 11.4. The van der Waals surface area contributed by atoms with Crippen LogP contribution in [0.3, 0.4) is 0 Å². The Hall–Kier alpha value is -1.13. The molecule has 0 aliphatic rings. The molecule has 4 heteroatoms. The van der Waals surface area contributed by atoms with Gasteiger partial charge in [-0.1, -0.05) is 6.92 Å². The van der Waals surface area contributed by atoms with E-state index in [0.717, 1.165) is 17.4 Å². The Kier molecular flexibility index (Phi) is 3.97. The number of rotatable bonds is 4. The zero-order chi connectivity index (χ0) is 12.3. The third kappa shape index (κ3) is 3.17. The Bertz CT molecular complexity index is 493. The molecule has 0 fully saturated rings. The van der Waals surface area contributed by atoms with Crippen molar-refractivity contribution in [2.24, 2.45) is 5.73 Å². The molecule has 0 saturated heterocycles. The molecule has 0 aliphatic carbocycles. The molecular weight excluding hydrogens is 278 g/mol. The first-order valence-electron chi connectivity index (χ1n) is 5.69. The maximum atomic E-state index is 5.99. The van der Waals surface area contributed by atoms with Crippen LogP contribution in [0.5, 0.6) is 0 Å². The first kappa shape index (κ1) is 12.3. The summed E-state index contributed by atoms with van der Waals surface area (Å²) in [5, 5.41) is 0. The predicted molar refractivity (Wildman–Crippen MR) is 72.7 cm³/mol. The van der Waals surface area contributed by atoms with Crippen LogP contribution in [0.25, 0.3) is 0 Å².